The molecule has 0 aliphatic carbocycles. The van der Waals surface area contributed by atoms with E-state index >= 15 is 0 Å². The summed E-state index contributed by atoms with van der Waals surface area (Å²) < 4.78 is 6.15. The molecule has 0 spiro atoms. The molecule has 2 rings (SSSR count). The zero-order valence-electron chi connectivity index (χ0n) is 12.3. The maximum absolute atomic E-state index is 11.6. The molecule has 5 nitrogen and oxygen atoms in total. The van der Waals surface area contributed by atoms with Gasteiger partial charge < -0.3 is 4.74 Å². The summed E-state index contributed by atoms with van der Waals surface area (Å²) in [6.07, 6.45) is 3.02. The van der Waals surface area contributed by atoms with Crippen LogP contribution < -0.4 is 15.6 Å². The quantitative estimate of drug-likeness (QED) is 0.604. The molecular formula is C16H15BrN2O3S. The number of nitrogens with one attached hydrogen (secondary N) is 2. The lowest BCUT2D eigenvalue weighted by Gasteiger charge is -2.09. The zero-order chi connectivity index (χ0) is 16.7. The van der Waals surface area contributed by atoms with E-state index in [2.05, 4.69) is 26.8 Å². The van der Waals surface area contributed by atoms with E-state index in [1.54, 1.807) is 12.1 Å². The molecule has 0 saturated carbocycles. The number of hydrazine groups is 1. The molecule has 0 saturated heterocycles. The summed E-state index contributed by atoms with van der Waals surface area (Å²) in [5, 5.41) is 1.92. The third-order valence-electron chi connectivity index (χ3n) is 2.71. The number of carbonyl (C=O) groups excluding carboxylic acids is 2. The van der Waals surface area contributed by atoms with E-state index in [0.29, 0.717) is 5.75 Å². The third kappa shape index (κ3) is 5.88. The fourth-order valence-corrected chi connectivity index (χ4v) is 2.84. The molecule has 1 aromatic carbocycles. The molecule has 0 fully saturated rings. The summed E-state index contributed by atoms with van der Waals surface area (Å²) in [5.41, 5.74) is 5.66. The Bertz CT molecular complexity index is 714. The average molecular weight is 395 g/mol. The van der Waals surface area contributed by atoms with Gasteiger partial charge in [0.05, 0.1) is 4.47 Å². The predicted octanol–water partition coefficient (Wildman–Crippen LogP) is 3.06. The summed E-state index contributed by atoms with van der Waals surface area (Å²) in [6, 6.07) is 9.33. The molecule has 2 N–H and O–H groups in total. The van der Waals surface area contributed by atoms with E-state index < -0.39 is 11.8 Å². The molecule has 0 aliphatic rings. The highest BCUT2D eigenvalue weighted by molar-refractivity contribution is 9.10. The summed E-state index contributed by atoms with van der Waals surface area (Å²) in [7, 11) is 0. The highest BCUT2D eigenvalue weighted by Gasteiger charge is 2.06. The van der Waals surface area contributed by atoms with Gasteiger partial charge in [0, 0.05) is 11.0 Å². The van der Waals surface area contributed by atoms with E-state index in [1.165, 1.54) is 17.4 Å². The molecule has 7 heteroatoms. The molecule has 23 heavy (non-hydrogen) atoms. The molecule has 2 amide bonds. The van der Waals surface area contributed by atoms with Crippen molar-refractivity contribution in [3.63, 3.8) is 0 Å². The topological polar surface area (TPSA) is 67.4 Å². The van der Waals surface area contributed by atoms with E-state index in [0.717, 1.165) is 14.9 Å². The second-order valence-electron chi connectivity index (χ2n) is 4.61. The van der Waals surface area contributed by atoms with Crippen molar-refractivity contribution in [2.75, 3.05) is 6.61 Å². The van der Waals surface area contributed by atoms with E-state index in [4.69, 9.17) is 4.74 Å². The van der Waals surface area contributed by atoms with Gasteiger partial charge in [-0.25, -0.2) is 0 Å². The van der Waals surface area contributed by atoms with Crippen LogP contribution in [0, 0.1) is 6.92 Å². The first-order valence-electron chi connectivity index (χ1n) is 6.74. The first-order chi connectivity index (χ1) is 11.0. The largest absolute Gasteiger partial charge is 0.483 e. The van der Waals surface area contributed by atoms with Gasteiger partial charge in [-0.2, -0.15) is 0 Å². The van der Waals surface area contributed by atoms with Gasteiger partial charge in [0.25, 0.3) is 11.8 Å². The number of thiophene rings is 1. The van der Waals surface area contributed by atoms with Crippen LogP contribution in [0.15, 0.2) is 46.3 Å². The van der Waals surface area contributed by atoms with Gasteiger partial charge in [0.15, 0.2) is 6.61 Å². The molecular weight excluding hydrogens is 380 g/mol. The lowest BCUT2D eigenvalue weighted by molar-refractivity contribution is -0.128. The first-order valence-corrected chi connectivity index (χ1v) is 8.41. The molecule has 0 radical (unpaired) electrons. The Morgan fingerprint density at radius 3 is 2.83 bits per heavy atom. The second kappa shape index (κ2) is 8.50. The normalized spacial score (nSPS) is 10.5. The van der Waals surface area contributed by atoms with Gasteiger partial charge in [0.1, 0.15) is 5.75 Å². The molecule has 0 aliphatic heterocycles. The van der Waals surface area contributed by atoms with Crippen molar-refractivity contribution < 1.29 is 14.3 Å². The van der Waals surface area contributed by atoms with Crippen LogP contribution in [0.25, 0.3) is 6.08 Å². The number of rotatable bonds is 5. The third-order valence-corrected chi connectivity index (χ3v) is 4.17. The Labute approximate surface area is 146 Å². The van der Waals surface area contributed by atoms with Crippen molar-refractivity contribution in [3.05, 3.63) is 56.7 Å². The zero-order valence-corrected chi connectivity index (χ0v) is 14.7. The van der Waals surface area contributed by atoms with Crippen LogP contribution in [0.2, 0.25) is 0 Å². The Kier molecular flexibility index (Phi) is 6.37. The molecule has 0 atom stereocenters. The van der Waals surface area contributed by atoms with Gasteiger partial charge in [-0.05, 0) is 58.1 Å². The molecule has 0 bridgehead atoms. The first kappa shape index (κ1) is 17.2. The Morgan fingerprint density at radius 1 is 1.30 bits per heavy atom. The number of carbonyl (C=O) groups is 2. The highest BCUT2D eigenvalue weighted by atomic mass is 79.9. The second-order valence-corrected chi connectivity index (χ2v) is 6.44. The highest BCUT2D eigenvalue weighted by Crippen LogP contribution is 2.25. The van der Waals surface area contributed by atoms with Crippen molar-refractivity contribution in [1.82, 2.24) is 10.9 Å². The summed E-state index contributed by atoms with van der Waals surface area (Å²) in [5.74, 6) is -0.298. The van der Waals surface area contributed by atoms with Crippen molar-refractivity contribution in [2.45, 2.75) is 6.92 Å². The van der Waals surface area contributed by atoms with E-state index in [1.807, 2.05) is 36.6 Å². The number of ether oxygens (including phenoxy) is 1. The van der Waals surface area contributed by atoms with Crippen molar-refractivity contribution >= 4 is 45.2 Å². The number of hydrogen-bond donors (Lipinski definition) is 2. The van der Waals surface area contributed by atoms with Crippen LogP contribution in [0.3, 0.4) is 0 Å². The van der Waals surface area contributed by atoms with Gasteiger partial charge in [0.2, 0.25) is 0 Å². The number of amides is 2. The van der Waals surface area contributed by atoms with Crippen molar-refractivity contribution in [1.29, 1.82) is 0 Å². The average Bonchev–Trinajstić information content (AvgIpc) is 3.03. The monoisotopic (exact) mass is 394 g/mol. The van der Waals surface area contributed by atoms with Crippen LogP contribution in [-0.2, 0) is 9.59 Å². The van der Waals surface area contributed by atoms with Crippen LogP contribution in [0.4, 0.5) is 0 Å². The lowest BCUT2D eigenvalue weighted by Crippen LogP contribution is -2.43. The van der Waals surface area contributed by atoms with E-state index in [9.17, 15) is 9.59 Å². The SMILES string of the molecule is Cc1ccc(OCC(=O)NNC(=O)/C=C/c2cccs2)c(Br)c1. The van der Waals surface area contributed by atoms with Crippen molar-refractivity contribution in [2.24, 2.45) is 0 Å². The molecule has 120 valence electrons. The molecule has 1 aromatic heterocycles. The Balaban J connectivity index is 1.73. The smallest absolute Gasteiger partial charge is 0.276 e. The number of hydrogen-bond acceptors (Lipinski definition) is 4. The van der Waals surface area contributed by atoms with Gasteiger partial charge >= 0.3 is 0 Å². The minimum Gasteiger partial charge on any atom is -0.483 e. The lowest BCUT2D eigenvalue weighted by atomic mass is 10.2. The van der Waals surface area contributed by atoms with Gasteiger partial charge in [-0.1, -0.05) is 12.1 Å². The predicted molar refractivity (Wildman–Crippen MR) is 94.0 cm³/mol. The van der Waals surface area contributed by atoms with Crippen molar-refractivity contribution in [3.8, 4) is 5.75 Å². The minimum atomic E-state index is -0.449. The minimum absolute atomic E-state index is 0.198. The van der Waals surface area contributed by atoms with E-state index in [-0.39, 0.29) is 6.61 Å². The van der Waals surface area contributed by atoms with Gasteiger partial charge in [-0.15, -0.1) is 11.3 Å². The maximum Gasteiger partial charge on any atom is 0.276 e. The standard InChI is InChI=1S/C16H15BrN2O3S/c1-11-4-6-14(13(17)9-11)22-10-16(21)19-18-15(20)7-5-12-3-2-8-23-12/h2-9H,10H2,1H3,(H,18,20)(H,19,21)/b7-5+. The fraction of sp³-hybridized carbons (Fsp3) is 0.125. The Morgan fingerprint density at radius 2 is 2.13 bits per heavy atom. The van der Waals surface area contributed by atoms with Gasteiger partial charge in [-0.3, -0.25) is 20.4 Å². The molecule has 2 aromatic rings. The fourth-order valence-electron chi connectivity index (χ4n) is 1.62. The number of aryl methyl sites for hydroxylation is 1. The van der Waals surface area contributed by atoms with Crippen LogP contribution in [0.1, 0.15) is 10.4 Å². The summed E-state index contributed by atoms with van der Waals surface area (Å²) in [6.45, 7) is 1.76. The number of halogens is 1. The van der Waals surface area contributed by atoms with Crippen LogP contribution >= 0.6 is 27.3 Å². The summed E-state index contributed by atoms with van der Waals surface area (Å²) in [4.78, 5) is 24.2. The molecule has 1 heterocycles. The Hall–Kier alpha value is -2.12. The van der Waals surface area contributed by atoms with Crippen LogP contribution in [-0.4, -0.2) is 18.4 Å². The maximum atomic E-state index is 11.6. The summed E-state index contributed by atoms with van der Waals surface area (Å²) >= 11 is 4.88. The van der Waals surface area contributed by atoms with Crippen LogP contribution in [0.5, 0.6) is 5.75 Å². The number of benzene rings is 1. The molecule has 0 unspecified atom stereocenters.